The van der Waals surface area contributed by atoms with Gasteiger partial charge in [0.25, 0.3) is 0 Å². The summed E-state index contributed by atoms with van der Waals surface area (Å²) in [5.74, 6) is -1.90. The van der Waals surface area contributed by atoms with Crippen molar-refractivity contribution in [1.82, 2.24) is 10.6 Å². The zero-order valence-corrected chi connectivity index (χ0v) is 12.8. The van der Waals surface area contributed by atoms with Crippen LogP contribution in [-0.4, -0.2) is 39.9 Å². The molecule has 1 aromatic rings. The smallest absolute Gasteiger partial charge is 0.326 e. The van der Waals surface area contributed by atoms with Gasteiger partial charge in [0, 0.05) is 6.42 Å². The minimum absolute atomic E-state index is 0.197. The van der Waals surface area contributed by atoms with Crippen LogP contribution in [0.5, 0.6) is 0 Å². The van der Waals surface area contributed by atoms with Gasteiger partial charge in [-0.15, -0.1) is 0 Å². The summed E-state index contributed by atoms with van der Waals surface area (Å²) >= 11 is 1.87. The molecule has 6 nitrogen and oxygen atoms in total. The Labute approximate surface area is 130 Å². The minimum Gasteiger partial charge on any atom is -0.480 e. The second-order valence-corrected chi connectivity index (χ2v) is 4.82. The Morgan fingerprint density at radius 2 is 1.80 bits per heavy atom. The van der Waals surface area contributed by atoms with E-state index in [1.165, 1.54) is 0 Å². The third-order valence-electron chi connectivity index (χ3n) is 2.48. The van der Waals surface area contributed by atoms with Gasteiger partial charge in [-0.2, -0.15) is 0 Å². The van der Waals surface area contributed by atoms with Crippen LogP contribution in [0.3, 0.4) is 0 Å². The van der Waals surface area contributed by atoms with Crippen LogP contribution in [0.25, 0.3) is 0 Å². The number of hydrogen-bond acceptors (Lipinski definition) is 3. The maximum Gasteiger partial charge on any atom is 0.326 e. The monoisotopic (exact) mass is 390 g/mol. The van der Waals surface area contributed by atoms with Crippen molar-refractivity contribution in [3.63, 3.8) is 0 Å². The van der Waals surface area contributed by atoms with E-state index in [4.69, 9.17) is 5.11 Å². The predicted molar refractivity (Wildman–Crippen MR) is 81.6 cm³/mol. The first kappa shape index (κ1) is 16.4. The fraction of sp³-hybridized carbons (Fsp3) is 0.308. The van der Waals surface area contributed by atoms with E-state index >= 15 is 0 Å². The van der Waals surface area contributed by atoms with Crippen molar-refractivity contribution in [2.24, 2.45) is 0 Å². The van der Waals surface area contributed by atoms with Crippen LogP contribution < -0.4 is 10.6 Å². The molecule has 0 bridgehead atoms. The number of aliphatic carboxylic acids is 1. The Kier molecular flexibility index (Phi) is 6.99. The number of rotatable bonds is 7. The molecule has 108 valence electrons. The van der Waals surface area contributed by atoms with Crippen molar-refractivity contribution in [1.29, 1.82) is 0 Å². The standard InChI is InChI=1S/C13H15IN2O4/c14-7-11(17)15-8-12(18)16-10(13(19)20)6-9-4-2-1-3-5-9/h1-5,10H,6-8H2,(H,15,17)(H,16,18)(H,19,20)/t10-/m0/s1. The normalized spacial score (nSPS) is 11.4. The Balaban J connectivity index is 2.53. The molecule has 0 aliphatic rings. The number of halogens is 1. The minimum atomic E-state index is -1.11. The summed E-state index contributed by atoms with van der Waals surface area (Å²) in [5.41, 5.74) is 0.816. The molecule has 1 rings (SSSR count). The zero-order valence-electron chi connectivity index (χ0n) is 10.6. The molecular weight excluding hydrogens is 375 g/mol. The lowest BCUT2D eigenvalue weighted by atomic mass is 10.1. The second-order valence-electron chi connectivity index (χ2n) is 4.06. The highest BCUT2D eigenvalue weighted by molar-refractivity contribution is 14.1. The van der Waals surface area contributed by atoms with Crippen molar-refractivity contribution in [3.8, 4) is 0 Å². The summed E-state index contributed by atoms with van der Waals surface area (Å²) in [6.45, 7) is -0.222. The Morgan fingerprint density at radius 3 is 2.35 bits per heavy atom. The van der Waals surface area contributed by atoms with Crippen molar-refractivity contribution >= 4 is 40.4 Å². The number of nitrogens with one attached hydrogen (secondary N) is 2. The number of alkyl halides is 1. The molecule has 3 N–H and O–H groups in total. The largest absolute Gasteiger partial charge is 0.480 e. The lowest BCUT2D eigenvalue weighted by Crippen LogP contribution is -2.46. The van der Waals surface area contributed by atoms with E-state index < -0.39 is 17.9 Å². The molecule has 0 unspecified atom stereocenters. The Morgan fingerprint density at radius 1 is 1.15 bits per heavy atom. The lowest BCUT2D eigenvalue weighted by Gasteiger charge is -2.14. The molecule has 1 atom stereocenters. The molecule has 0 heterocycles. The quantitative estimate of drug-likeness (QED) is 0.463. The number of carbonyl (C=O) groups is 3. The second kappa shape index (κ2) is 8.51. The van der Waals surface area contributed by atoms with E-state index in [2.05, 4.69) is 10.6 Å². The average Bonchev–Trinajstić information content (AvgIpc) is 2.45. The molecule has 0 fully saturated rings. The van der Waals surface area contributed by atoms with Gasteiger partial charge in [-0.05, 0) is 5.56 Å². The number of carbonyl (C=O) groups excluding carboxylic acids is 2. The van der Waals surface area contributed by atoms with Crippen LogP contribution in [0, 0.1) is 0 Å². The summed E-state index contributed by atoms with van der Waals surface area (Å²) in [4.78, 5) is 33.7. The summed E-state index contributed by atoms with van der Waals surface area (Å²) < 4.78 is 0.247. The molecular formula is C13H15IN2O4. The summed E-state index contributed by atoms with van der Waals surface area (Å²) in [6.07, 6.45) is 0.197. The van der Waals surface area contributed by atoms with Crippen LogP contribution in [0.15, 0.2) is 30.3 Å². The van der Waals surface area contributed by atoms with E-state index in [9.17, 15) is 14.4 Å². The fourth-order valence-electron chi connectivity index (χ4n) is 1.52. The van der Waals surface area contributed by atoms with Crippen molar-refractivity contribution in [3.05, 3.63) is 35.9 Å². The van der Waals surface area contributed by atoms with Crippen molar-refractivity contribution < 1.29 is 19.5 Å². The number of carboxylic acids is 1. The average molecular weight is 390 g/mol. The van der Waals surface area contributed by atoms with Crippen LogP contribution >= 0.6 is 22.6 Å². The van der Waals surface area contributed by atoms with Gasteiger partial charge in [-0.3, -0.25) is 9.59 Å². The van der Waals surface area contributed by atoms with E-state index in [0.717, 1.165) is 5.56 Å². The summed E-state index contributed by atoms with van der Waals surface area (Å²) in [7, 11) is 0. The molecule has 7 heteroatoms. The molecule has 2 amide bonds. The molecule has 1 aromatic carbocycles. The molecule has 20 heavy (non-hydrogen) atoms. The van der Waals surface area contributed by atoms with Gasteiger partial charge in [0.1, 0.15) is 6.04 Å². The third-order valence-corrected chi connectivity index (χ3v) is 3.18. The predicted octanol–water partition coefficient (Wildman–Crippen LogP) is 0.350. The van der Waals surface area contributed by atoms with Gasteiger partial charge in [0.05, 0.1) is 11.0 Å². The van der Waals surface area contributed by atoms with Gasteiger partial charge in [-0.25, -0.2) is 4.79 Å². The number of carboxylic acid groups (broad SMARTS) is 1. The molecule has 0 saturated carbocycles. The van der Waals surface area contributed by atoms with Crippen LogP contribution in [-0.2, 0) is 20.8 Å². The molecule has 0 aromatic heterocycles. The topological polar surface area (TPSA) is 95.5 Å². The number of hydrogen-bond donors (Lipinski definition) is 3. The van der Waals surface area contributed by atoms with Crippen LogP contribution in [0.2, 0.25) is 0 Å². The summed E-state index contributed by atoms with van der Waals surface area (Å²) in [6, 6.07) is 8.01. The Hall–Kier alpha value is -1.64. The number of amides is 2. The lowest BCUT2D eigenvalue weighted by molar-refractivity contribution is -0.141. The Bertz CT molecular complexity index is 479. The highest BCUT2D eigenvalue weighted by atomic mass is 127. The molecule has 0 saturated heterocycles. The van der Waals surface area contributed by atoms with Gasteiger partial charge in [-0.1, -0.05) is 52.9 Å². The van der Waals surface area contributed by atoms with Gasteiger partial charge < -0.3 is 15.7 Å². The van der Waals surface area contributed by atoms with Gasteiger partial charge >= 0.3 is 5.97 Å². The van der Waals surface area contributed by atoms with Crippen molar-refractivity contribution in [2.45, 2.75) is 12.5 Å². The van der Waals surface area contributed by atoms with E-state index in [1.807, 2.05) is 28.7 Å². The number of benzene rings is 1. The van der Waals surface area contributed by atoms with Gasteiger partial charge in [0.15, 0.2) is 0 Å². The van der Waals surface area contributed by atoms with E-state index in [0.29, 0.717) is 0 Å². The first-order valence-corrected chi connectivity index (χ1v) is 7.44. The van der Waals surface area contributed by atoms with Crippen LogP contribution in [0.1, 0.15) is 5.56 Å². The highest BCUT2D eigenvalue weighted by Crippen LogP contribution is 2.03. The molecule has 0 spiro atoms. The zero-order chi connectivity index (χ0) is 15.0. The highest BCUT2D eigenvalue weighted by Gasteiger charge is 2.20. The first-order valence-electron chi connectivity index (χ1n) is 5.91. The van der Waals surface area contributed by atoms with E-state index in [-0.39, 0.29) is 23.3 Å². The van der Waals surface area contributed by atoms with Crippen LogP contribution in [0.4, 0.5) is 0 Å². The maximum absolute atomic E-state index is 11.6. The van der Waals surface area contributed by atoms with Crippen molar-refractivity contribution in [2.75, 3.05) is 11.0 Å². The third kappa shape index (κ3) is 6.00. The maximum atomic E-state index is 11.6. The van der Waals surface area contributed by atoms with E-state index in [1.54, 1.807) is 24.3 Å². The molecule has 0 aliphatic carbocycles. The molecule has 0 aliphatic heterocycles. The summed E-state index contributed by atoms with van der Waals surface area (Å²) in [5, 5.41) is 13.9. The fourth-order valence-corrected chi connectivity index (χ4v) is 1.79. The van der Waals surface area contributed by atoms with Gasteiger partial charge in [0.2, 0.25) is 11.8 Å². The first-order chi connectivity index (χ1) is 9.52. The SMILES string of the molecule is O=C(CI)NCC(=O)N[C@@H](Cc1ccccc1)C(=O)O. The molecule has 0 radical (unpaired) electrons.